The van der Waals surface area contributed by atoms with Crippen LogP contribution in [0.15, 0.2) is 18.2 Å². The van der Waals surface area contributed by atoms with E-state index in [4.69, 9.17) is 5.73 Å². The average molecular weight is 222 g/mol. The molecule has 5 nitrogen and oxygen atoms in total. The quantitative estimate of drug-likeness (QED) is 0.599. The van der Waals surface area contributed by atoms with Crippen LogP contribution in [0.25, 0.3) is 0 Å². The summed E-state index contributed by atoms with van der Waals surface area (Å²) in [7, 11) is 0. The van der Waals surface area contributed by atoms with Crippen molar-refractivity contribution < 1.29 is 10.0 Å². The van der Waals surface area contributed by atoms with Gasteiger partial charge in [-0.1, -0.05) is 6.07 Å². The van der Waals surface area contributed by atoms with Gasteiger partial charge in [0.05, 0.1) is 4.92 Å². The van der Waals surface area contributed by atoms with Gasteiger partial charge in [-0.05, 0) is 42.9 Å². The second-order valence-corrected chi connectivity index (χ2v) is 4.28. The molecule has 0 aliphatic heterocycles. The molecule has 1 aromatic carbocycles. The highest BCUT2D eigenvalue weighted by atomic mass is 16.6. The first-order valence-corrected chi connectivity index (χ1v) is 5.27. The van der Waals surface area contributed by atoms with Gasteiger partial charge in [-0.15, -0.1) is 0 Å². The van der Waals surface area contributed by atoms with Gasteiger partial charge in [-0.3, -0.25) is 10.1 Å². The van der Waals surface area contributed by atoms with Crippen molar-refractivity contribution in [3.8, 4) is 5.75 Å². The minimum Gasteiger partial charge on any atom is -0.502 e. The van der Waals surface area contributed by atoms with Crippen LogP contribution in [0.2, 0.25) is 0 Å². The zero-order valence-corrected chi connectivity index (χ0v) is 8.85. The largest absolute Gasteiger partial charge is 0.502 e. The smallest absolute Gasteiger partial charge is 0.310 e. The number of nitro benzene ring substituents is 1. The Morgan fingerprint density at radius 3 is 2.69 bits per heavy atom. The Kier molecular flexibility index (Phi) is 2.55. The first kappa shape index (κ1) is 10.9. The van der Waals surface area contributed by atoms with Gasteiger partial charge in [0.25, 0.3) is 0 Å². The summed E-state index contributed by atoms with van der Waals surface area (Å²) in [6.45, 7) is 0.578. The van der Waals surface area contributed by atoms with Crippen LogP contribution in [0.5, 0.6) is 5.75 Å². The molecule has 2 rings (SSSR count). The Bertz CT molecular complexity index is 427. The Morgan fingerprint density at radius 1 is 1.50 bits per heavy atom. The van der Waals surface area contributed by atoms with Crippen LogP contribution >= 0.6 is 0 Å². The number of nitrogens with zero attached hydrogens (tertiary/aromatic N) is 1. The van der Waals surface area contributed by atoms with E-state index in [0.717, 1.165) is 24.8 Å². The van der Waals surface area contributed by atoms with Crippen molar-refractivity contribution in [3.63, 3.8) is 0 Å². The molecule has 5 heteroatoms. The predicted octanol–water partition coefficient (Wildman–Crippen LogP) is 1.68. The number of hydrogen-bond acceptors (Lipinski definition) is 4. The van der Waals surface area contributed by atoms with E-state index >= 15 is 0 Å². The molecule has 1 aliphatic carbocycles. The highest BCUT2D eigenvalue weighted by Gasteiger charge is 2.44. The van der Waals surface area contributed by atoms with Gasteiger partial charge < -0.3 is 10.8 Å². The molecule has 16 heavy (non-hydrogen) atoms. The number of benzene rings is 1. The maximum Gasteiger partial charge on any atom is 0.310 e. The zero-order chi connectivity index (χ0) is 11.8. The Hall–Kier alpha value is -1.62. The second kappa shape index (κ2) is 3.75. The number of phenols is 1. The third-order valence-electron chi connectivity index (χ3n) is 3.26. The molecule has 86 valence electrons. The molecule has 1 saturated carbocycles. The lowest BCUT2D eigenvalue weighted by Crippen LogP contribution is -2.13. The minimum atomic E-state index is -0.558. The van der Waals surface area contributed by atoms with Crippen molar-refractivity contribution in [1.82, 2.24) is 0 Å². The summed E-state index contributed by atoms with van der Waals surface area (Å²) in [5, 5.41) is 20.1. The minimum absolute atomic E-state index is 0.0210. The molecule has 1 fully saturated rings. The van der Waals surface area contributed by atoms with Gasteiger partial charge in [0.15, 0.2) is 5.75 Å². The van der Waals surface area contributed by atoms with Crippen LogP contribution < -0.4 is 5.73 Å². The lowest BCUT2D eigenvalue weighted by Gasteiger charge is -2.14. The van der Waals surface area contributed by atoms with E-state index < -0.39 is 4.92 Å². The first-order valence-electron chi connectivity index (χ1n) is 5.27. The summed E-state index contributed by atoms with van der Waals surface area (Å²) in [5.74, 6) is -0.280. The number of hydrogen-bond donors (Lipinski definition) is 2. The number of phenolic OH excluding ortho intramolecular Hbond substituents is 1. The maximum absolute atomic E-state index is 10.7. The molecule has 0 spiro atoms. The number of aromatic hydroxyl groups is 1. The van der Waals surface area contributed by atoms with Crippen molar-refractivity contribution in [2.75, 3.05) is 6.54 Å². The summed E-state index contributed by atoms with van der Waals surface area (Å²) >= 11 is 0. The van der Waals surface area contributed by atoms with E-state index in [9.17, 15) is 15.2 Å². The lowest BCUT2D eigenvalue weighted by atomic mass is 9.92. The van der Waals surface area contributed by atoms with Crippen LogP contribution in [-0.2, 0) is 5.41 Å². The fourth-order valence-corrected chi connectivity index (χ4v) is 2.11. The number of nitrogens with two attached hydrogens (primary N) is 1. The molecule has 1 aliphatic rings. The first-order chi connectivity index (χ1) is 7.59. The van der Waals surface area contributed by atoms with Crippen molar-refractivity contribution in [2.45, 2.75) is 24.7 Å². The fraction of sp³-hybridized carbons (Fsp3) is 0.455. The Balaban J connectivity index is 2.36. The van der Waals surface area contributed by atoms with Crippen LogP contribution in [-0.4, -0.2) is 16.6 Å². The molecule has 0 atom stereocenters. The third-order valence-corrected chi connectivity index (χ3v) is 3.26. The zero-order valence-electron chi connectivity index (χ0n) is 8.85. The van der Waals surface area contributed by atoms with Gasteiger partial charge in [0, 0.05) is 6.07 Å². The summed E-state index contributed by atoms with van der Waals surface area (Å²) in [5.41, 5.74) is 6.25. The molecule has 0 unspecified atom stereocenters. The molecule has 0 bridgehead atoms. The maximum atomic E-state index is 10.7. The molecule has 0 amide bonds. The van der Waals surface area contributed by atoms with Crippen molar-refractivity contribution in [2.24, 2.45) is 5.73 Å². The van der Waals surface area contributed by atoms with Gasteiger partial charge in [-0.2, -0.15) is 0 Å². The average Bonchev–Trinajstić information content (AvgIpc) is 2.99. The SMILES string of the molecule is NCCC1(c2ccc(O)c([N+](=O)[O-])c2)CC1. The van der Waals surface area contributed by atoms with Crippen molar-refractivity contribution in [1.29, 1.82) is 0 Å². The number of nitro groups is 1. The van der Waals surface area contributed by atoms with Gasteiger partial charge in [0.1, 0.15) is 0 Å². The van der Waals surface area contributed by atoms with E-state index in [-0.39, 0.29) is 16.9 Å². The molecular weight excluding hydrogens is 208 g/mol. The topological polar surface area (TPSA) is 89.4 Å². The lowest BCUT2D eigenvalue weighted by molar-refractivity contribution is -0.385. The van der Waals surface area contributed by atoms with Gasteiger partial charge in [-0.25, -0.2) is 0 Å². The highest BCUT2D eigenvalue weighted by Crippen LogP contribution is 2.51. The summed E-state index contributed by atoms with van der Waals surface area (Å²) in [4.78, 5) is 10.1. The summed E-state index contributed by atoms with van der Waals surface area (Å²) in [6.07, 6.45) is 2.88. The molecule has 0 heterocycles. The fourth-order valence-electron chi connectivity index (χ4n) is 2.11. The normalized spacial score (nSPS) is 17.1. The van der Waals surface area contributed by atoms with E-state index in [0.29, 0.717) is 6.54 Å². The molecule has 0 saturated heterocycles. The van der Waals surface area contributed by atoms with Crippen molar-refractivity contribution in [3.05, 3.63) is 33.9 Å². The van der Waals surface area contributed by atoms with E-state index in [1.54, 1.807) is 6.07 Å². The molecular formula is C11H14N2O3. The Morgan fingerprint density at radius 2 is 2.19 bits per heavy atom. The van der Waals surface area contributed by atoms with Crippen LogP contribution in [0, 0.1) is 10.1 Å². The predicted molar refractivity (Wildman–Crippen MR) is 59.3 cm³/mol. The molecule has 3 N–H and O–H groups in total. The van der Waals surface area contributed by atoms with E-state index in [1.165, 1.54) is 12.1 Å². The van der Waals surface area contributed by atoms with E-state index in [1.807, 2.05) is 0 Å². The van der Waals surface area contributed by atoms with Crippen LogP contribution in [0.1, 0.15) is 24.8 Å². The Labute approximate surface area is 93.0 Å². The summed E-state index contributed by atoms with van der Waals surface area (Å²) in [6, 6.07) is 4.62. The molecule has 0 radical (unpaired) electrons. The monoisotopic (exact) mass is 222 g/mol. The van der Waals surface area contributed by atoms with Gasteiger partial charge >= 0.3 is 5.69 Å². The van der Waals surface area contributed by atoms with Crippen LogP contribution in [0.3, 0.4) is 0 Å². The standard InChI is InChI=1S/C11H14N2O3/c12-6-5-11(3-4-11)8-1-2-10(14)9(7-8)13(15)16/h1-2,7,14H,3-6,12H2. The van der Waals surface area contributed by atoms with Crippen molar-refractivity contribution >= 4 is 5.69 Å². The number of rotatable bonds is 4. The third kappa shape index (κ3) is 1.74. The summed E-state index contributed by atoms with van der Waals surface area (Å²) < 4.78 is 0. The second-order valence-electron chi connectivity index (χ2n) is 4.28. The molecule has 0 aromatic heterocycles. The highest BCUT2D eigenvalue weighted by molar-refractivity contribution is 5.50. The van der Waals surface area contributed by atoms with Crippen LogP contribution in [0.4, 0.5) is 5.69 Å². The molecule has 1 aromatic rings. The van der Waals surface area contributed by atoms with E-state index in [2.05, 4.69) is 0 Å². The van der Waals surface area contributed by atoms with Gasteiger partial charge in [0.2, 0.25) is 0 Å².